The van der Waals surface area contributed by atoms with Gasteiger partial charge in [0, 0.05) is 0 Å². The molecule has 0 unspecified atom stereocenters. The molecule has 0 N–H and O–H groups in total. The molecule has 1 fully saturated rings. The Balaban J connectivity index is 2.05. The Morgan fingerprint density at radius 2 is 2.07 bits per heavy atom. The third kappa shape index (κ3) is 2.19. The molecule has 0 amide bonds. The van der Waals surface area contributed by atoms with Gasteiger partial charge in [-0.25, -0.2) is 0 Å². The molecule has 0 aromatic heterocycles. The summed E-state index contributed by atoms with van der Waals surface area (Å²) in [7, 11) is 1.68. The smallest absolute Gasteiger partial charge is 0.161 e. The molecule has 1 aromatic carbocycles. The van der Waals surface area contributed by atoms with Gasteiger partial charge in [0.25, 0.3) is 0 Å². The van der Waals surface area contributed by atoms with Gasteiger partial charge in [0.15, 0.2) is 11.5 Å². The summed E-state index contributed by atoms with van der Waals surface area (Å²) in [5.41, 5.74) is 1.20. The van der Waals surface area contributed by atoms with Crippen LogP contribution < -0.4 is 9.47 Å². The van der Waals surface area contributed by atoms with Gasteiger partial charge in [0.2, 0.25) is 0 Å². The lowest BCUT2D eigenvalue weighted by atomic mass is 10.2. The maximum Gasteiger partial charge on any atom is 0.161 e. The number of methoxy groups -OCH3 is 1. The third-order valence-corrected chi connectivity index (χ3v) is 2.49. The normalized spacial score (nSPS) is 15.3. The van der Waals surface area contributed by atoms with E-state index in [0.717, 1.165) is 24.0 Å². The second-order valence-corrected chi connectivity index (χ2v) is 3.91. The predicted molar refractivity (Wildman–Crippen MR) is 56.0 cm³/mol. The van der Waals surface area contributed by atoms with E-state index in [1.165, 1.54) is 18.4 Å². The van der Waals surface area contributed by atoms with Crippen LogP contribution in [-0.2, 0) is 0 Å². The van der Waals surface area contributed by atoms with Gasteiger partial charge in [-0.05, 0) is 43.4 Å². The lowest BCUT2D eigenvalue weighted by Crippen LogP contribution is -2.00. The summed E-state index contributed by atoms with van der Waals surface area (Å²) in [6, 6.07) is 6.03. The van der Waals surface area contributed by atoms with E-state index < -0.39 is 0 Å². The number of hydrogen-bond acceptors (Lipinski definition) is 2. The van der Waals surface area contributed by atoms with E-state index >= 15 is 0 Å². The molecule has 2 rings (SSSR count). The fraction of sp³-hybridized carbons (Fsp3) is 0.500. The van der Waals surface area contributed by atoms with E-state index in [1.807, 2.05) is 25.1 Å². The molecule has 0 radical (unpaired) electrons. The summed E-state index contributed by atoms with van der Waals surface area (Å²) in [4.78, 5) is 0. The van der Waals surface area contributed by atoms with Gasteiger partial charge in [0.05, 0.1) is 13.7 Å². The predicted octanol–water partition coefficient (Wildman–Crippen LogP) is 2.79. The summed E-state index contributed by atoms with van der Waals surface area (Å²) in [5, 5.41) is 0. The fourth-order valence-corrected chi connectivity index (χ4v) is 1.39. The van der Waals surface area contributed by atoms with E-state index in [2.05, 4.69) is 0 Å². The Morgan fingerprint density at radius 1 is 1.29 bits per heavy atom. The maximum atomic E-state index is 5.68. The minimum absolute atomic E-state index is 0.779. The van der Waals surface area contributed by atoms with Gasteiger partial charge in [-0.3, -0.25) is 0 Å². The van der Waals surface area contributed by atoms with Crippen molar-refractivity contribution in [2.45, 2.75) is 19.8 Å². The van der Waals surface area contributed by atoms with Gasteiger partial charge in [0.1, 0.15) is 0 Å². The fourth-order valence-electron chi connectivity index (χ4n) is 1.39. The Hall–Kier alpha value is -1.18. The van der Waals surface area contributed by atoms with E-state index in [9.17, 15) is 0 Å². The van der Waals surface area contributed by atoms with Crippen molar-refractivity contribution in [1.82, 2.24) is 0 Å². The Bertz CT molecular complexity index is 316. The van der Waals surface area contributed by atoms with Crippen molar-refractivity contribution >= 4 is 0 Å². The van der Waals surface area contributed by atoms with Crippen molar-refractivity contribution in [3.63, 3.8) is 0 Å². The summed E-state index contributed by atoms with van der Waals surface area (Å²) in [5.74, 6) is 2.48. The van der Waals surface area contributed by atoms with Gasteiger partial charge >= 0.3 is 0 Å². The Morgan fingerprint density at radius 3 is 2.71 bits per heavy atom. The summed E-state index contributed by atoms with van der Waals surface area (Å²) in [6.07, 6.45) is 2.63. The van der Waals surface area contributed by atoms with Crippen molar-refractivity contribution in [2.75, 3.05) is 13.7 Å². The first-order valence-corrected chi connectivity index (χ1v) is 5.07. The van der Waals surface area contributed by atoms with Crippen LogP contribution in [0, 0.1) is 12.8 Å². The number of benzene rings is 1. The second kappa shape index (κ2) is 3.91. The first-order chi connectivity index (χ1) is 6.79. The zero-order valence-electron chi connectivity index (χ0n) is 8.75. The van der Waals surface area contributed by atoms with Crippen molar-refractivity contribution in [2.24, 2.45) is 5.92 Å². The van der Waals surface area contributed by atoms with Crippen molar-refractivity contribution in [3.8, 4) is 11.5 Å². The molecule has 1 aliphatic rings. The third-order valence-electron chi connectivity index (χ3n) is 2.49. The number of aryl methyl sites for hydroxylation is 1. The number of ether oxygens (including phenoxy) is 2. The van der Waals surface area contributed by atoms with Crippen LogP contribution in [0.2, 0.25) is 0 Å². The molecule has 2 nitrogen and oxygen atoms in total. The molecule has 1 saturated carbocycles. The molecule has 76 valence electrons. The molecule has 1 aliphatic carbocycles. The highest BCUT2D eigenvalue weighted by Crippen LogP contribution is 2.32. The number of rotatable bonds is 4. The molecule has 14 heavy (non-hydrogen) atoms. The summed E-state index contributed by atoms with van der Waals surface area (Å²) < 4.78 is 10.9. The molecule has 2 heteroatoms. The maximum absolute atomic E-state index is 5.68. The van der Waals surface area contributed by atoms with Crippen LogP contribution in [0.3, 0.4) is 0 Å². The average molecular weight is 192 g/mol. The van der Waals surface area contributed by atoms with Gasteiger partial charge < -0.3 is 9.47 Å². The van der Waals surface area contributed by atoms with Crippen LogP contribution >= 0.6 is 0 Å². The van der Waals surface area contributed by atoms with Crippen molar-refractivity contribution in [1.29, 1.82) is 0 Å². The first-order valence-electron chi connectivity index (χ1n) is 5.07. The monoisotopic (exact) mass is 192 g/mol. The highest BCUT2D eigenvalue weighted by molar-refractivity contribution is 5.42. The molecular weight excluding hydrogens is 176 g/mol. The molecule has 0 heterocycles. The topological polar surface area (TPSA) is 18.5 Å². The summed E-state index contributed by atoms with van der Waals surface area (Å²) in [6.45, 7) is 2.88. The summed E-state index contributed by atoms with van der Waals surface area (Å²) >= 11 is 0. The van der Waals surface area contributed by atoms with E-state index in [0.29, 0.717) is 0 Å². The van der Waals surface area contributed by atoms with Gasteiger partial charge in [-0.1, -0.05) is 6.07 Å². The van der Waals surface area contributed by atoms with Gasteiger partial charge in [-0.2, -0.15) is 0 Å². The Labute approximate surface area is 84.8 Å². The highest BCUT2D eigenvalue weighted by atomic mass is 16.5. The first kappa shape index (κ1) is 9.38. The molecular formula is C12H16O2. The molecule has 0 spiro atoms. The Kier molecular flexibility index (Phi) is 2.62. The zero-order chi connectivity index (χ0) is 9.97. The standard InChI is InChI=1S/C12H16O2/c1-9-3-6-11(12(7-9)13-2)14-8-10-4-5-10/h3,6-7,10H,4-5,8H2,1-2H3. The van der Waals surface area contributed by atoms with Crippen molar-refractivity contribution in [3.05, 3.63) is 23.8 Å². The van der Waals surface area contributed by atoms with Crippen LogP contribution in [0.1, 0.15) is 18.4 Å². The lowest BCUT2D eigenvalue weighted by molar-refractivity contribution is 0.280. The zero-order valence-corrected chi connectivity index (χ0v) is 8.75. The molecule has 0 saturated heterocycles. The van der Waals surface area contributed by atoms with Gasteiger partial charge in [-0.15, -0.1) is 0 Å². The van der Waals surface area contributed by atoms with E-state index in [1.54, 1.807) is 7.11 Å². The van der Waals surface area contributed by atoms with Crippen LogP contribution in [-0.4, -0.2) is 13.7 Å². The molecule has 0 bridgehead atoms. The SMILES string of the molecule is COc1cc(C)ccc1OCC1CC1. The average Bonchev–Trinajstić information content (AvgIpc) is 2.99. The van der Waals surface area contributed by atoms with Crippen LogP contribution in [0.4, 0.5) is 0 Å². The second-order valence-electron chi connectivity index (χ2n) is 3.91. The van der Waals surface area contributed by atoms with E-state index in [-0.39, 0.29) is 0 Å². The molecule has 0 atom stereocenters. The minimum Gasteiger partial charge on any atom is -0.493 e. The van der Waals surface area contributed by atoms with Crippen LogP contribution in [0.25, 0.3) is 0 Å². The van der Waals surface area contributed by atoms with Crippen molar-refractivity contribution < 1.29 is 9.47 Å². The minimum atomic E-state index is 0.779. The van der Waals surface area contributed by atoms with E-state index in [4.69, 9.17) is 9.47 Å². The molecule has 0 aliphatic heterocycles. The largest absolute Gasteiger partial charge is 0.493 e. The highest BCUT2D eigenvalue weighted by Gasteiger charge is 2.22. The molecule has 1 aromatic rings. The lowest BCUT2D eigenvalue weighted by Gasteiger charge is -2.10. The quantitative estimate of drug-likeness (QED) is 0.730. The number of hydrogen-bond donors (Lipinski definition) is 0. The van der Waals surface area contributed by atoms with Crippen LogP contribution in [0.5, 0.6) is 11.5 Å². The van der Waals surface area contributed by atoms with Crippen LogP contribution in [0.15, 0.2) is 18.2 Å².